The minimum atomic E-state index is 0.443. The van der Waals surface area contributed by atoms with Crippen LogP contribution in [0.25, 0.3) is 0 Å². The van der Waals surface area contributed by atoms with Crippen LogP contribution in [-0.2, 0) is 11.6 Å². The van der Waals surface area contributed by atoms with E-state index in [1.165, 1.54) is 43.4 Å². The molecule has 2 nitrogen and oxygen atoms in total. The molecule has 0 spiro atoms. The predicted octanol–water partition coefficient (Wildman–Crippen LogP) is 7.70. The van der Waals surface area contributed by atoms with Gasteiger partial charge < -0.3 is 9.47 Å². The topological polar surface area (TPSA) is 18.5 Å². The van der Waals surface area contributed by atoms with Crippen LogP contribution in [0.4, 0.5) is 0 Å². The first-order chi connectivity index (χ1) is 13.0. The minimum absolute atomic E-state index is 0.443. The summed E-state index contributed by atoms with van der Waals surface area (Å²) in [6.07, 6.45) is 7.49. The minimum Gasteiger partial charge on any atom is -0.496 e. The summed E-state index contributed by atoms with van der Waals surface area (Å²) in [6, 6.07) is 4.18. The van der Waals surface area contributed by atoms with Gasteiger partial charge >= 0.3 is 0 Å². The molecule has 1 unspecified atom stereocenters. The Labute approximate surface area is 176 Å². The van der Waals surface area contributed by atoms with Gasteiger partial charge in [-0.05, 0) is 42.6 Å². The van der Waals surface area contributed by atoms with Crippen LogP contribution in [0.2, 0.25) is 0 Å². The van der Waals surface area contributed by atoms with Crippen molar-refractivity contribution in [1.82, 2.24) is 0 Å². The molecule has 4 heteroatoms. The lowest BCUT2D eigenvalue weighted by atomic mass is 9.98. The molecular weight excluding hydrogens is 376 g/mol. The molecule has 0 radical (unpaired) electrons. The van der Waals surface area contributed by atoms with Gasteiger partial charge in [0.25, 0.3) is 0 Å². The Balaban J connectivity index is 2.61. The molecule has 0 aliphatic rings. The van der Waals surface area contributed by atoms with Gasteiger partial charge in [0.1, 0.15) is 11.5 Å². The van der Waals surface area contributed by atoms with E-state index in [0.29, 0.717) is 11.8 Å². The van der Waals surface area contributed by atoms with Crippen LogP contribution in [0, 0.1) is 11.8 Å². The second kappa shape index (κ2) is 14.5. The van der Waals surface area contributed by atoms with Crippen LogP contribution in [0.3, 0.4) is 0 Å². The molecule has 0 aliphatic carbocycles. The van der Waals surface area contributed by atoms with E-state index in [9.17, 15) is 0 Å². The molecule has 0 fully saturated rings. The van der Waals surface area contributed by atoms with E-state index >= 15 is 0 Å². The second-order valence-electron chi connectivity index (χ2n) is 7.88. The fourth-order valence-corrected chi connectivity index (χ4v) is 4.29. The summed E-state index contributed by atoms with van der Waals surface area (Å²) >= 11 is 8.11. The van der Waals surface area contributed by atoms with Crippen molar-refractivity contribution in [1.29, 1.82) is 0 Å². The van der Waals surface area contributed by atoms with Crippen LogP contribution in [0.1, 0.15) is 77.3 Å². The van der Waals surface area contributed by atoms with Crippen LogP contribution in [0.5, 0.6) is 11.5 Å². The van der Waals surface area contributed by atoms with E-state index in [4.69, 9.17) is 21.1 Å². The second-order valence-corrected chi connectivity index (χ2v) is 9.25. The van der Waals surface area contributed by atoms with E-state index in [0.717, 1.165) is 41.8 Å². The number of hydrogen-bond donors (Lipinski definition) is 0. The number of benzene rings is 1. The Morgan fingerprint density at radius 1 is 1.00 bits per heavy atom. The maximum Gasteiger partial charge on any atom is 0.124 e. The molecule has 0 saturated carbocycles. The molecule has 1 atom stereocenters. The van der Waals surface area contributed by atoms with Crippen molar-refractivity contribution in [2.45, 2.75) is 77.9 Å². The average Bonchev–Trinajstić information content (AvgIpc) is 2.65. The van der Waals surface area contributed by atoms with Gasteiger partial charge in [0, 0.05) is 16.9 Å². The maximum atomic E-state index is 6.16. The lowest BCUT2D eigenvalue weighted by molar-refractivity contribution is 0.273. The lowest BCUT2D eigenvalue weighted by Gasteiger charge is -2.17. The number of ether oxygens (including phenoxy) is 2. The molecule has 0 saturated heterocycles. The average molecular weight is 415 g/mol. The zero-order valence-corrected chi connectivity index (χ0v) is 19.6. The summed E-state index contributed by atoms with van der Waals surface area (Å²) in [5, 5.41) is 0. The summed E-state index contributed by atoms with van der Waals surface area (Å²) in [5.41, 5.74) is 2.22. The van der Waals surface area contributed by atoms with Gasteiger partial charge in [-0.15, -0.1) is 11.6 Å². The van der Waals surface area contributed by atoms with Gasteiger partial charge in [0.05, 0.1) is 19.6 Å². The summed E-state index contributed by atoms with van der Waals surface area (Å²) in [4.78, 5) is 0. The van der Waals surface area contributed by atoms with Crippen molar-refractivity contribution in [2.75, 3.05) is 19.5 Å². The van der Waals surface area contributed by atoms with Crippen LogP contribution in [-0.4, -0.2) is 19.5 Å². The van der Waals surface area contributed by atoms with E-state index in [1.807, 2.05) is 17.8 Å². The Hall–Kier alpha value is -0.540. The van der Waals surface area contributed by atoms with Crippen molar-refractivity contribution in [3.05, 3.63) is 23.3 Å². The van der Waals surface area contributed by atoms with Crippen molar-refractivity contribution in [3.8, 4) is 11.5 Å². The molecule has 0 aliphatic heterocycles. The smallest absolute Gasteiger partial charge is 0.124 e. The Bertz CT molecular complexity index is 519. The zero-order valence-electron chi connectivity index (χ0n) is 18.0. The van der Waals surface area contributed by atoms with E-state index in [1.54, 1.807) is 7.11 Å². The third kappa shape index (κ3) is 9.99. The van der Waals surface area contributed by atoms with Crippen LogP contribution < -0.4 is 9.47 Å². The summed E-state index contributed by atoms with van der Waals surface area (Å²) in [6.45, 7) is 9.90. The summed E-state index contributed by atoms with van der Waals surface area (Å²) in [5.74, 6) is 5.92. The third-order valence-electron chi connectivity index (χ3n) is 4.85. The number of rotatable bonds is 15. The van der Waals surface area contributed by atoms with Crippen LogP contribution in [0.15, 0.2) is 12.1 Å². The Kier molecular flexibility index (Phi) is 13.1. The first-order valence-corrected chi connectivity index (χ1v) is 12.2. The van der Waals surface area contributed by atoms with Gasteiger partial charge in [-0.1, -0.05) is 53.4 Å². The van der Waals surface area contributed by atoms with Crippen molar-refractivity contribution < 1.29 is 9.47 Å². The summed E-state index contributed by atoms with van der Waals surface area (Å²) < 4.78 is 11.7. The molecule has 0 N–H and O–H groups in total. The number of alkyl halides is 1. The molecule has 0 heterocycles. The standard InChI is InChI=1S/C23H39ClO2S/c1-6-7-13-27-17-21-15-23(20(16-24)14-22(21)25-5)26-12-11-19(4)10-8-9-18(2)3/h14-15,18-19H,6-13,16-17H2,1-5H3. The van der Waals surface area contributed by atoms with Crippen LogP contribution >= 0.6 is 23.4 Å². The Morgan fingerprint density at radius 2 is 1.74 bits per heavy atom. The van der Waals surface area contributed by atoms with Gasteiger partial charge in [0.2, 0.25) is 0 Å². The highest BCUT2D eigenvalue weighted by atomic mass is 35.5. The van der Waals surface area contributed by atoms with Crippen molar-refractivity contribution in [3.63, 3.8) is 0 Å². The van der Waals surface area contributed by atoms with Gasteiger partial charge in [0.15, 0.2) is 0 Å². The molecule has 1 aromatic rings. The summed E-state index contributed by atoms with van der Waals surface area (Å²) in [7, 11) is 1.73. The fraction of sp³-hybridized carbons (Fsp3) is 0.739. The lowest BCUT2D eigenvalue weighted by Crippen LogP contribution is -2.06. The maximum absolute atomic E-state index is 6.16. The molecule has 1 rings (SSSR count). The molecule has 1 aromatic carbocycles. The zero-order chi connectivity index (χ0) is 20.1. The number of unbranched alkanes of at least 4 members (excludes halogenated alkanes) is 1. The normalized spacial score (nSPS) is 12.4. The third-order valence-corrected chi connectivity index (χ3v) is 6.23. The molecule has 156 valence electrons. The molecule has 0 aromatic heterocycles. The van der Waals surface area contributed by atoms with E-state index in [2.05, 4.69) is 33.8 Å². The highest BCUT2D eigenvalue weighted by Crippen LogP contribution is 2.33. The molecular formula is C23H39ClO2S. The first kappa shape index (κ1) is 24.5. The number of hydrogen-bond acceptors (Lipinski definition) is 3. The van der Waals surface area contributed by atoms with Gasteiger partial charge in [-0.25, -0.2) is 0 Å². The number of thioether (sulfide) groups is 1. The monoisotopic (exact) mass is 414 g/mol. The first-order valence-electron chi connectivity index (χ1n) is 10.5. The molecule has 27 heavy (non-hydrogen) atoms. The fourth-order valence-electron chi connectivity index (χ4n) is 3.00. The van der Waals surface area contributed by atoms with Gasteiger partial charge in [-0.3, -0.25) is 0 Å². The highest BCUT2D eigenvalue weighted by molar-refractivity contribution is 7.98. The largest absolute Gasteiger partial charge is 0.496 e. The molecule has 0 bridgehead atoms. The number of methoxy groups -OCH3 is 1. The predicted molar refractivity (Wildman–Crippen MR) is 122 cm³/mol. The Morgan fingerprint density at radius 3 is 2.37 bits per heavy atom. The van der Waals surface area contributed by atoms with Crippen molar-refractivity contribution >= 4 is 23.4 Å². The molecule has 0 amide bonds. The SMILES string of the molecule is CCCCSCc1cc(OCCC(C)CCCC(C)C)c(CCl)cc1OC. The van der Waals surface area contributed by atoms with Crippen molar-refractivity contribution in [2.24, 2.45) is 11.8 Å². The van der Waals surface area contributed by atoms with E-state index in [-0.39, 0.29) is 0 Å². The highest BCUT2D eigenvalue weighted by Gasteiger charge is 2.12. The number of halogens is 1. The quantitative estimate of drug-likeness (QED) is 0.216. The van der Waals surface area contributed by atoms with E-state index < -0.39 is 0 Å². The van der Waals surface area contributed by atoms with Gasteiger partial charge in [-0.2, -0.15) is 11.8 Å².